The van der Waals surface area contributed by atoms with Crippen LogP contribution in [0.2, 0.25) is 5.02 Å². The van der Waals surface area contributed by atoms with Crippen LogP contribution in [0.25, 0.3) is 11.1 Å². The van der Waals surface area contributed by atoms with E-state index in [4.69, 9.17) is 11.6 Å². The van der Waals surface area contributed by atoms with Gasteiger partial charge < -0.3 is 0 Å². The third-order valence-electron chi connectivity index (χ3n) is 8.39. The molecule has 0 unspecified atom stereocenters. The summed E-state index contributed by atoms with van der Waals surface area (Å²) in [4.78, 5) is 0. The third-order valence-corrected chi connectivity index (χ3v) is 12.4. The van der Waals surface area contributed by atoms with Crippen molar-refractivity contribution < 1.29 is 0 Å². The van der Waals surface area contributed by atoms with Crippen LogP contribution in [0, 0.1) is 0 Å². The third kappa shape index (κ3) is 6.54. The van der Waals surface area contributed by atoms with E-state index in [1.54, 1.807) is 22.0 Å². The maximum atomic E-state index is 7.27. The van der Waals surface area contributed by atoms with Crippen molar-refractivity contribution in [2.75, 3.05) is 0 Å². The number of halogens is 1. The number of hydrogen-bond acceptors (Lipinski definition) is 0. The topological polar surface area (TPSA) is 0 Å². The van der Waals surface area contributed by atoms with Crippen LogP contribution < -0.4 is 5.30 Å². The summed E-state index contributed by atoms with van der Waals surface area (Å²) in [7, 11) is -0.247. The summed E-state index contributed by atoms with van der Waals surface area (Å²) in [6.45, 7) is 6.99. The van der Waals surface area contributed by atoms with Crippen molar-refractivity contribution in [2.24, 2.45) is 0 Å². The Labute approximate surface area is 222 Å². The second-order valence-corrected chi connectivity index (χ2v) is 14.3. The molecule has 0 heterocycles. The van der Waals surface area contributed by atoms with Gasteiger partial charge in [-0.25, -0.2) is 0 Å². The first kappa shape index (κ1) is 27.2. The van der Waals surface area contributed by atoms with E-state index in [9.17, 15) is 0 Å². The first-order chi connectivity index (χ1) is 17.2. The smallest absolute Gasteiger partial charge is 0.0489 e. The molecule has 0 saturated heterocycles. The highest BCUT2D eigenvalue weighted by Crippen LogP contribution is 2.57. The first-order valence-corrected chi connectivity index (χ1v) is 16.8. The van der Waals surface area contributed by atoms with Crippen LogP contribution in [-0.4, -0.2) is 11.3 Å². The highest BCUT2D eigenvalue weighted by Gasteiger charge is 2.35. The Morgan fingerprint density at radius 3 is 1.71 bits per heavy atom. The van der Waals surface area contributed by atoms with Crippen LogP contribution in [0.15, 0.2) is 30.3 Å². The van der Waals surface area contributed by atoms with Gasteiger partial charge in [-0.05, 0) is 90.1 Å². The van der Waals surface area contributed by atoms with E-state index in [1.165, 1.54) is 114 Å². The summed E-state index contributed by atoms with van der Waals surface area (Å²) in [5, 5.41) is 2.65. The molecule has 0 N–H and O–H groups in total. The van der Waals surface area contributed by atoms with Gasteiger partial charge in [-0.3, -0.25) is 0 Å². The predicted molar refractivity (Wildman–Crippen MR) is 159 cm³/mol. The zero-order valence-corrected chi connectivity index (χ0v) is 24.3. The summed E-state index contributed by atoms with van der Waals surface area (Å²) in [5.74, 6) is 0. The van der Waals surface area contributed by atoms with Crippen LogP contribution in [0.3, 0.4) is 0 Å². The number of aryl methyl sites for hydroxylation is 3. The fourth-order valence-electron chi connectivity index (χ4n) is 6.91. The monoisotopic (exact) mass is 510 g/mol. The Kier molecular flexibility index (Phi) is 10.6. The van der Waals surface area contributed by atoms with Crippen LogP contribution >= 0.6 is 19.5 Å². The summed E-state index contributed by atoms with van der Waals surface area (Å²) in [6, 6.07) is 12.0. The lowest BCUT2D eigenvalue weighted by Gasteiger charge is -2.40. The fourth-order valence-corrected chi connectivity index (χ4v) is 11.3. The molecule has 0 amide bonds. The van der Waals surface area contributed by atoms with Gasteiger partial charge >= 0.3 is 0 Å². The zero-order chi connectivity index (χ0) is 24.6. The van der Waals surface area contributed by atoms with Crippen molar-refractivity contribution >= 4 is 24.8 Å². The lowest BCUT2D eigenvalue weighted by Crippen LogP contribution is -2.28. The maximum absolute atomic E-state index is 7.27. The molecule has 2 aromatic rings. The van der Waals surface area contributed by atoms with Crippen molar-refractivity contribution in [3.05, 3.63) is 52.0 Å². The normalized spacial score (nSPS) is 17.9. The average molecular weight is 511 g/mol. The van der Waals surface area contributed by atoms with E-state index in [2.05, 4.69) is 51.1 Å². The minimum Gasteiger partial charge on any atom is -0.0836 e. The molecular weight excluding hydrogens is 463 g/mol. The molecule has 2 aromatic carbocycles. The van der Waals surface area contributed by atoms with Gasteiger partial charge in [-0.15, -0.1) is 0 Å². The first-order valence-electron chi connectivity index (χ1n) is 14.9. The van der Waals surface area contributed by atoms with Gasteiger partial charge in [0.2, 0.25) is 0 Å². The maximum Gasteiger partial charge on any atom is 0.0489 e. The summed E-state index contributed by atoms with van der Waals surface area (Å²) < 4.78 is 0. The summed E-state index contributed by atoms with van der Waals surface area (Å²) in [6.07, 6.45) is 21.4. The Morgan fingerprint density at radius 1 is 0.714 bits per heavy atom. The molecule has 0 bridgehead atoms. The highest BCUT2D eigenvalue weighted by atomic mass is 35.5. The van der Waals surface area contributed by atoms with Gasteiger partial charge in [-0.2, -0.15) is 0 Å². The molecule has 0 nitrogen and oxygen atoms in total. The van der Waals surface area contributed by atoms with Gasteiger partial charge in [0, 0.05) is 10.3 Å². The van der Waals surface area contributed by atoms with E-state index in [0.29, 0.717) is 0 Å². The minimum atomic E-state index is -0.247. The molecular formula is C33H48ClP. The van der Waals surface area contributed by atoms with Gasteiger partial charge in [0.1, 0.15) is 0 Å². The number of benzene rings is 2. The molecule has 192 valence electrons. The Hall–Kier alpha value is -0.840. The van der Waals surface area contributed by atoms with E-state index < -0.39 is 0 Å². The second kappa shape index (κ2) is 13.6. The molecule has 0 aromatic heterocycles. The van der Waals surface area contributed by atoms with Crippen LogP contribution in [0.1, 0.15) is 121 Å². The quantitative estimate of drug-likeness (QED) is 0.279. The Balaban J connectivity index is 1.91. The molecule has 2 aliphatic carbocycles. The summed E-state index contributed by atoms with van der Waals surface area (Å²) >= 11 is 7.27. The molecule has 0 aliphatic heterocycles. The Morgan fingerprint density at radius 2 is 1.23 bits per heavy atom. The van der Waals surface area contributed by atoms with Gasteiger partial charge in [0.05, 0.1) is 0 Å². The van der Waals surface area contributed by atoms with Crippen molar-refractivity contribution in [1.29, 1.82) is 0 Å². The largest absolute Gasteiger partial charge is 0.0836 e. The van der Waals surface area contributed by atoms with E-state index in [1.807, 2.05) is 0 Å². The SMILES string of the molecule is CCCc1cc(CCC)c(-c2cccc(Cl)c2P(C2CCCCC2)C2CCCCC2)c(CCC)c1. The molecule has 2 heteroatoms. The number of rotatable bonds is 10. The number of hydrogen-bond donors (Lipinski definition) is 0. The molecule has 35 heavy (non-hydrogen) atoms. The lowest BCUT2D eigenvalue weighted by atomic mass is 9.87. The van der Waals surface area contributed by atoms with Crippen LogP contribution in [0.5, 0.6) is 0 Å². The Bertz CT molecular complexity index is 891. The standard InChI is InChI=1S/C33H48ClP/c1-4-14-25-23-26(15-5-2)32(27(24-25)16-6-3)30-21-13-22-31(34)33(30)35(28-17-9-7-10-18-28)29-19-11-8-12-20-29/h13,21-24,28-29H,4-12,14-20H2,1-3H3. The molecule has 2 fully saturated rings. The predicted octanol–water partition coefficient (Wildman–Crippen LogP) is 10.6. The fraction of sp³-hybridized carbons (Fsp3) is 0.636. The molecule has 0 atom stereocenters. The van der Waals surface area contributed by atoms with E-state index in [-0.39, 0.29) is 7.92 Å². The highest BCUT2D eigenvalue weighted by molar-refractivity contribution is 7.67. The van der Waals surface area contributed by atoms with Crippen LogP contribution in [0.4, 0.5) is 0 Å². The van der Waals surface area contributed by atoms with Crippen molar-refractivity contribution in [1.82, 2.24) is 0 Å². The zero-order valence-electron chi connectivity index (χ0n) is 22.7. The second-order valence-electron chi connectivity index (χ2n) is 11.2. The van der Waals surface area contributed by atoms with Gasteiger partial charge in [-0.1, -0.05) is 122 Å². The molecule has 2 saturated carbocycles. The van der Waals surface area contributed by atoms with Crippen LogP contribution in [-0.2, 0) is 19.3 Å². The minimum absolute atomic E-state index is 0.247. The van der Waals surface area contributed by atoms with Crippen molar-refractivity contribution in [2.45, 2.75) is 135 Å². The molecule has 4 rings (SSSR count). The van der Waals surface area contributed by atoms with Crippen molar-refractivity contribution in [3.63, 3.8) is 0 Å². The molecule has 2 aliphatic rings. The van der Waals surface area contributed by atoms with E-state index >= 15 is 0 Å². The molecule has 0 spiro atoms. The van der Waals surface area contributed by atoms with Gasteiger partial charge in [0.25, 0.3) is 0 Å². The van der Waals surface area contributed by atoms with Gasteiger partial charge in [0.15, 0.2) is 0 Å². The van der Waals surface area contributed by atoms with E-state index in [0.717, 1.165) is 16.3 Å². The summed E-state index contributed by atoms with van der Waals surface area (Å²) in [5.41, 5.74) is 9.49. The average Bonchev–Trinajstić information content (AvgIpc) is 2.87. The van der Waals surface area contributed by atoms with Crippen molar-refractivity contribution in [3.8, 4) is 11.1 Å². The molecule has 0 radical (unpaired) electrons. The lowest BCUT2D eigenvalue weighted by molar-refractivity contribution is 0.487.